The van der Waals surface area contributed by atoms with Crippen LogP contribution in [0, 0.1) is 0 Å². The fourth-order valence-electron chi connectivity index (χ4n) is 4.87. The van der Waals surface area contributed by atoms with E-state index in [1.54, 1.807) is 4.90 Å². The third-order valence-corrected chi connectivity index (χ3v) is 6.89. The average Bonchev–Trinajstić information content (AvgIpc) is 3.07. The number of benzene rings is 1. The van der Waals surface area contributed by atoms with E-state index in [1.165, 1.54) is 6.08 Å². The van der Waals surface area contributed by atoms with Gasteiger partial charge < -0.3 is 24.6 Å². The Morgan fingerprint density at radius 3 is 2.69 bits per heavy atom. The Morgan fingerprint density at radius 1 is 1.06 bits per heavy atom. The van der Waals surface area contributed by atoms with Gasteiger partial charge in [-0.15, -0.1) is 0 Å². The Hall–Kier alpha value is -3.91. The number of nitrogens with one attached hydrogen (secondary N) is 1. The van der Waals surface area contributed by atoms with Crippen LogP contribution in [-0.2, 0) is 16.1 Å². The van der Waals surface area contributed by atoms with Gasteiger partial charge in [0, 0.05) is 55.9 Å². The number of carbonyl (C=O) groups excluding carboxylic acids is 1. The lowest BCUT2D eigenvalue weighted by atomic mass is 9.93. The van der Waals surface area contributed by atoms with Crippen molar-refractivity contribution in [2.75, 3.05) is 49.6 Å². The van der Waals surface area contributed by atoms with Gasteiger partial charge in [0.15, 0.2) is 0 Å². The number of carbonyl (C=O) groups is 1. The summed E-state index contributed by atoms with van der Waals surface area (Å²) in [4.78, 5) is 25.1. The van der Waals surface area contributed by atoms with Gasteiger partial charge in [0.25, 0.3) is 0 Å². The summed E-state index contributed by atoms with van der Waals surface area (Å²) in [5.41, 5.74) is 6.22. The monoisotopic (exact) mass is 469 g/mol. The normalized spacial score (nSPS) is 17.3. The van der Waals surface area contributed by atoms with Crippen LogP contribution in [0.15, 0.2) is 61.4 Å². The highest BCUT2D eigenvalue weighted by Crippen LogP contribution is 2.39. The van der Waals surface area contributed by atoms with Crippen molar-refractivity contribution in [3.8, 4) is 16.9 Å². The summed E-state index contributed by atoms with van der Waals surface area (Å²) in [5, 5.41) is 3.51. The summed E-state index contributed by atoms with van der Waals surface area (Å²) >= 11 is 0. The van der Waals surface area contributed by atoms with Gasteiger partial charge in [-0.2, -0.15) is 0 Å². The fourth-order valence-corrected chi connectivity index (χ4v) is 4.87. The first-order valence-corrected chi connectivity index (χ1v) is 11.9. The molecular weight excluding hydrogens is 442 g/mol. The van der Waals surface area contributed by atoms with Crippen LogP contribution in [0.4, 0.5) is 17.2 Å². The van der Waals surface area contributed by atoms with E-state index in [1.807, 2.05) is 24.5 Å². The van der Waals surface area contributed by atoms with Gasteiger partial charge in [0.05, 0.1) is 24.5 Å². The number of hydrogen-bond donors (Lipinski definition) is 1. The van der Waals surface area contributed by atoms with Gasteiger partial charge in [-0.3, -0.25) is 9.78 Å². The summed E-state index contributed by atoms with van der Waals surface area (Å²) in [6.45, 7) is 8.55. The molecule has 0 atom stereocenters. The minimum atomic E-state index is -0.0279. The smallest absolute Gasteiger partial charge is 0.245 e. The number of rotatable bonds is 4. The molecule has 3 aliphatic rings. The van der Waals surface area contributed by atoms with E-state index < -0.39 is 0 Å². The zero-order valence-corrected chi connectivity index (χ0v) is 19.4. The maximum absolute atomic E-state index is 11.8. The maximum Gasteiger partial charge on any atom is 0.245 e. The predicted octanol–water partition coefficient (Wildman–Crippen LogP) is 3.73. The maximum atomic E-state index is 11.8. The number of pyridine rings is 2. The SMILES string of the molecule is C=CC(=O)N1CC(c2cc(-c3ccc4c(c3)Nc3nccc(N5CCOCC5)c3CO4)ccn2)C1. The summed E-state index contributed by atoms with van der Waals surface area (Å²) in [5.74, 6) is 1.84. The third-order valence-electron chi connectivity index (χ3n) is 6.89. The standard InChI is InChI=1S/C27H27N5O3/c1-2-26(33)32-15-20(16-32)22-13-19(5-7-28-22)18-3-4-25-23(14-18)30-27-21(17-35-25)24(6-8-29-27)31-9-11-34-12-10-31/h2-8,13-14,20H,1,9-12,15-17H2,(H,29,30). The molecule has 0 aliphatic carbocycles. The summed E-state index contributed by atoms with van der Waals surface area (Å²) in [7, 11) is 0. The van der Waals surface area contributed by atoms with Crippen LogP contribution < -0.4 is 15.0 Å². The molecule has 0 radical (unpaired) electrons. The van der Waals surface area contributed by atoms with Crippen LogP contribution in [0.1, 0.15) is 17.2 Å². The second-order valence-electron chi connectivity index (χ2n) is 8.99. The molecule has 6 rings (SSSR count). The third kappa shape index (κ3) is 4.10. The molecule has 1 amide bonds. The van der Waals surface area contributed by atoms with Crippen molar-refractivity contribution in [1.82, 2.24) is 14.9 Å². The van der Waals surface area contributed by atoms with E-state index in [0.29, 0.717) is 19.7 Å². The van der Waals surface area contributed by atoms with Crippen LogP contribution in [0.3, 0.4) is 0 Å². The molecular formula is C27H27N5O3. The molecule has 3 aliphatic heterocycles. The molecule has 2 fully saturated rings. The number of aromatic nitrogens is 2. The molecule has 0 saturated carbocycles. The minimum absolute atomic E-state index is 0.0279. The quantitative estimate of drug-likeness (QED) is 0.583. The van der Waals surface area contributed by atoms with Gasteiger partial charge in [-0.05, 0) is 47.5 Å². The van der Waals surface area contributed by atoms with Crippen LogP contribution in [-0.4, -0.2) is 60.2 Å². The van der Waals surface area contributed by atoms with Crippen LogP contribution in [0.2, 0.25) is 0 Å². The van der Waals surface area contributed by atoms with E-state index in [-0.39, 0.29) is 11.8 Å². The Labute approximate surface area is 204 Å². The topological polar surface area (TPSA) is 79.8 Å². The molecule has 8 nitrogen and oxygen atoms in total. The van der Waals surface area contributed by atoms with E-state index in [9.17, 15) is 4.79 Å². The molecule has 0 bridgehead atoms. The number of hydrogen-bond acceptors (Lipinski definition) is 7. The number of ether oxygens (including phenoxy) is 2. The lowest BCUT2D eigenvalue weighted by Crippen LogP contribution is -2.48. The molecule has 8 heteroatoms. The zero-order chi connectivity index (χ0) is 23.8. The largest absolute Gasteiger partial charge is 0.487 e. The zero-order valence-electron chi connectivity index (χ0n) is 19.4. The van der Waals surface area contributed by atoms with E-state index >= 15 is 0 Å². The number of nitrogens with zero attached hydrogens (tertiary/aromatic N) is 4. The van der Waals surface area contributed by atoms with Crippen molar-refractivity contribution < 1.29 is 14.3 Å². The Kier molecular flexibility index (Phi) is 5.58. The molecule has 2 saturated heterocycles. The highest BCUT2D eigenvalue weighted by atomic mass is 16.5. The second kappa shape index (κ2) is 9.03. The van der Waals surface area contributed by atoms with Crippen molar-refractivity contribution >= 4 is 23.1 Å². The van der Waals surface area contributed by atoms with Crippen LogP contribution in [0.25, 0.3) is 11.1 Å². The minimum Gasteiger partial charge on any atom is -0.487 e. The average molecular weight is 470 g/mol. The number of fused-ring (bicyclic) bond motifs is 2. The molecule has 2 aromatic heterocycles. The molecule has 1 N–H and O–H groups in total. The molecule has 0 spiro atoms. The lowest BCUT2D eigenvalue weighted by Gasteiger charge is -2.38. The first kappa shape index (κ1) is 21.6. The Balaban J connectivity index is 1.26. The van der Waals surface area contributed by atoms with Crippen LogP contribution >= 0.6 is 0 Å². The Morgan fingerprint density at radius 2 is 1.86 bits per heavy atom. The van der Waals surface area contributed by atoms with Crippen LogP contribution in [0.5, 0.6) is 5.75 Å². The molecule has 35 heavy (non-hydrogen) atoms. The molecule has 3 aromatic rings. The Bertz CT molecular complexity index is 1280. The summed E-state index contributed by atoms with van der Waals surface area (Å²) < 4.78 is 11.7. The molecule has 5 heterocycles. The highest BCUT2D eigenvalue weighted by Gasteiger charge is 2.31. The lowest BCUT2D eigenvalue weighted by molar-refractivity contribution is -0.130. The van der Waals surface area contributed by atoms with Gasteiger partial charge in [0.1, 0.15) is 18.2 Å². The van der Waals surface area contributed by atoms with E-state index in [0.717, 1.165) is 71.6 Å². The van der Waals surface area contributed by atoms with Crippen molar-refractivity contribution in [2.24, 2.45) is 0 Å². The van der Waals surface area contributed by atoms with E-state index in [4.69, 9.17) is 9.47 Å². The van der Waals surface area contributed by atoms with Crippen molar-refractivity contribution in [3.63, 3.8) is 0 Å². The van der Waals surface area contributed by atoms with Gasteiger partial charge >= 0.3 is 0 Å². The van der Waals surface area contributed by atoms with Gasteiger partial charge in [-0.1, -0.05) is 12.6 Å². The molecule has 1 aromatic carbocycles. The first-order chi connectivity index (χ1) is 17.2. The first-order valence-electron chi connectivity index (χ1n) is 11.9. The van der Waals surface area contributed by atoms with Crippen molar-refractivity contribution in [2.45, 2.75) is 12.5 Å². The second-order valence-corrected chi connectivity index (χ2v) is 8.99. The summed E-state index contributed by atoms with van der Waals surface area (Å²) in [6.07, 6.45) is 5.05. The number of morpholine rings is 1. The summed E-state index contributed by atoms with van der Waals surface area (Å²) in [6, 6.07) is 12.4. The number of likely N-dealkylation sites (tertiary alicyclic amines) is 1. The van der Waals surface area contributed by atoms with Crippen molar-refractivity contribution in [1.29, 1.82) is 0 Å². The number of amides is 1. The van der Waals surface area contributed by atoms with Crippen molar-refractivity contribution in [3.05, 3.63) is 72.7 Å². The highest BCUT2D eigenvalue weighted by molar-refractivity contribution is 5.87. The molecule has 178 valence electrons. The van der Waals surface area contributed by atoms with Gasteiger partial charge in [-0.25, -0.2) is 4.98 Å². The molecule has 0 unspecified atom stereocenters. The number of anilines is 3. The van der Waals surface area contributed by atoms with E-state index in [2.05, 4.69) is 51.0 Å². The fraction of sp³-hybridized carbons (Fsp3) is 0.296. The predicted molar refractivity (Wildman–Crippen MR) is 134 cm³/mol. The van der Waals surface area contributed by atoms with Gasteiger partial charge in [0.2, 0.25) is 5.91 Å².